The number of carbonyl (C=O) groups is 2. The fourth-order valence-electron chi connectivity index (χ4n) is 3.12. The quantitative estimate of drug-likeness (QED) is 0.601. The number of fused-ring (bicyclic) bond motifs is 1. The summed E-state index contributed by atoms with van der Waals surface area (Å²) in [4.78, 5) is 30.2. The zero-order valence-corrected chi connectivity index (χ0v) is 18.3. The van der Waals surface area contributed by atoms with Crippen molar-refractivity contribution in [3.05, 3.63) is 53.3 Å². The number of hydrogen-bond acceptors (Lipinski definition) is 5. The Morgan fingerprint density at radius 3 is 2.47 bits per heavy atom. The Bertz CT molecular complexity index is 1090. The third-order valence-corrected chi connectivity index (χ3v) is 4.83. The van der Waals surface area contributed by atoms with Crippen LogP contribution in [0.2, 0.25) is 0 Å². The smallest absolute Gasteiger partial charge is 0.339 e. The van der Waals surface area contributed by atoms with Crippen LogP contribution in [0.25, 0.3) is 11.0 Å². The molecule has 0 aliphatic rings. The minimum absolute atomic E-state index is 0.0975. The Hall–Kier alpha value is -3.22. The molecule has 0 fully saturated rings. The normalized spacial score (nSPS) is 12.4. The zero-order chi connectivity index (χ0) is 22.0. The second-order valence-electron chi connectivity index (χ2n) is 8.08. The van der Waals surface area contributed by atoms with Gasteiger partial charge in [-0.25, -0.2) is 14.5 Å². The van der Waals surface area contributed by atoms with E-state index in [0.717, 1.165) is 11.3 Å². The van der Waals surface area contributed by atoms with E-state index in [2.05, 4.69) is 10.4 Å². The first-order chi connectivity index (χ1) is 14.2. The lowest BCUT2D eigenvalue weighted by atomic mass is 10.1. The minimum atomic E-state index is -0.955. The van der Waals surface area contributed by atoms with Crippen molar-refractivity contribution >= 4 is 28.6 Å². The molecule has 7 nitrogen and oxygen atoms in total. The molecule has 2 heterocycles. The van der Waals surface area contributed by atoms with E-state index in [0.29, 0.717) is 22.3 Å². The van der Waals surface area contributed by atoms with Crippen LogP contribution in [0.4, 0.5) is 5.69 Å². The zero-order valence-electron chi connectivity index (χ0n) is 18.3. The topological polar surface area (TPSA) is 86.1 Å². The van der Waals surface area contributed by atoms with Crippen molar-refractivity contribution in [3.8, 4) is 0 Å². The third-order valence-electron chi connectivity index (χ3n) is 4.83. The first-order valence-electron chi connectivity index (χ1n) is 10.1. The number of benzene rings is 1. The lowest BCUT2D eigenvalue weighted by Gasteiger charge is -2.15. The van der Waals surface area contributed by atoms with Gasteiger partial charge >= 0.3 is 5.97 Å². The van der Waals surface area contributed by atoms with Gasteiger partial charge in [0.2, 0.25) is 0 Å². The van der Waals surface area contributed by atoms with E-state index in [1.54, 1.807) is 29.9 Å². The van der Waals surface area contributed by atoms with Gasteiger partial charge in [0.1, 0.15) is 0 Å². The summed E-state index contributed by atoms with van der Waals surface area (Å²) < 4.78 is 7.28. The van der Waals surface area contributed by atoms with Crippen LogP contribution < -0.4 is 5.32 Å². The number of rotatable bonds is 6. The van der Waals surface area contributed by atoms with Gasteiger partial charge < -0.3 is 10.1 Å². The molecule has 1 N–H and O–H groups in total. The van der Waals surface area contributed by atoms with Gasteiger partial charge in [-0.3, -0.25) is 4.79 Å². The first-order valence-corrected chi connectivity index (χ1v) is 10.1. The molecule has 0 saturated carbocycles. The fraction of sp³-hybridized carbons (Fsp3) is 0.391. The first kappa shape index (κ1) is 21.5. The molecule has 1 unspecified atom stereocenters. The van der Waals surface area contributed by atoms with Crippen molar-refractivity contribution in [2.75, 3.05) is 5.32 Å². The number of aryl methyl sites for hydroxylation is 1. The maximum Gasteiger partial charge on any atom is 0.339 e. The average molecular weight is 409 g/mol. The van der Waals surface area contributed by atoms with Crippen LogP contribution in [-0.2, 0) is 9.53 Å². The van der Waals surface area contributed by atoms with Crippen molar-refractivity contribution in [2.24, 2.45) is 0 Å². The number of ether oxygens (including phenoxy) is 1. The Balaban J connectivity index is 1.86. The van der Waals surface area contributed by atoms with Crippen LogP contribution >= 0.6 is 0 Å². The number of nitrogens with one attached hydrogen (secondary N) is 1. The number of carbonyl (C=O) groups excluding carboxylic acids is 2. The maximum atomic E-state index is 13.0. The van der Waals surface area contributed by atoms with Crippen LogP contribution in [0.1, 0.15) is 68.2 Å². The molecule has 0 radical (unpaired) electrons. The maximum absolute atomic E-state index is 13.0. The molecule has 1 atom stereocenters. The molecule has 0 spiro atoms. The van der Waals surface area contributed by atoms with E-state index < -0.39 is 12.1 Å². The van der Waals surface area contributed by atoms with Gasteiger partial charge in [0.15, 0.2) is 11.8 Å². The summed E-state index contributed by atoms with van der Waals surface area (Å²) in [6.45, 7) is 11.5. The molecule has 3 aromatic rings. The van der Waals surface area contributed by atoms with Crippen molar-refractivity contribution in [3.63, 3.8) is 0 Å². The lowest BCUT2D eigenvalue weighted by molar-refractivity contribution is -0.123. The second-order valence-corrected chi connectivity index (χ2v) is 8.08. The van der Waals surface area contributed by atoms with Gasteiger partial charge in [0, 0.05) is 17.4 Å². The van der Waals surface area contributed by atoms with Crippen molar-refractivity contribution < 1.29 is 14.3 Å². The summed E-state index contributed by atoms with van der Waals surface area (Å²) in [5, 5.41) is 7.78. The molecular weight excluding hydrogens is 380 g/mol. The van der Waals surface area contributed by atoms with Gasteiger partial charge in [0.25, 0.3) is 5.91 Å². The predicted molar refractivity (Wildman–Crippen MR) is 117 cm³/mol. The largest absolute Gasteiger partial charge is 0.449 e. The van der Waals surface area contributed by atoms with Gasteiger partial charge in [0.05, 0.1) is 17.1 Å². The molecule has 0 aliphatic carbocycles. The Labute approximate surface area is 176 Å². The van der Waals surface area contributed by atoms with Crippen LogP contribution in [-0.4, -0.2) is 32.7 Å². The number of hydrogen-bond donors (Lipinski definition) is 1. The fourth-order valence-corrected chi connectivity index (χ4v) is 3.12. The highest BCUT2D eigenvalue weighted by atomic mass is 16.5. The third kappa shape index (κ3) is 4.50. The number of pyridine rings is 1. The van der Waals surface area contributed by atoms with Crippen LogP contribution in [0.3, 0.4) is 0 Å². The van der Waals surface area contributed by atoms with Gasteiger partial charge in [-0.15, -0.1) is 0 Å². The summed E-state index contributed by atoms with van der Waals surface area (Å²) in [5.74, 6) is -0.834. The number of nitrogens with zero attached hydrogens (tertiary/aromatic N) is 3. The number of amides is 1. The Morgan fingerprint density at radius 1 is 1.10 bits per heavy atom. The molecule has 0 saturated heterocycles. The molecular formula is C23H28N4O3. The van der Waals surface area contributed by atoms with E-state index in [4.69, 9.17) is 9.72 Å². The number of anilines is 1. The Morgan fingerprint density at radius 2 is 1.83 bits per heavy atom. The van der Waals surface area contributed by atoms with E-state index in [1.165, 1.54) is 0 Å². The monoisotopic (exact) mass is 408 g/mol. The van der Waals surface area contributed by atoms with Crippen molar-refractivity contribution in [1.29, 1.82) is 0 Å². The highest BCUT2D eigenvalue weighted by Gasteiger charge is 2.24. The lowest BCUT2D eigenvalue weighted by Crippen LogP contribution is -2.30. The summed E-state index contributed by atoms with van der Waals surface area (Å²) >= 11 is 0. The summed E-state index contributed by atoms with van der Waals surface area (Å²) in [6.07, 6.45) is 0.671. The number of esters is 1. The molecule has 158 valence electrons. The highest BCUT2D eigenvalue weighted by Crippen LogP contribution is 2.25. The van der Waals surface area contributed by atoms with Crippen LogP contribution in [0, 0.1) is 6.92 Å². The average Bonchev–Trinajstić information content (AvgIpc) is 3.11. The Kier molecular flexibility index (Phi) is 6.20. The number of aromatic nitrogens is 3. The second kappa shape index (κ2) is 8.65. The minimum Gasteiger partial charge on any atom is -0.449 e. The SMILES string of the molecule is Cc1cccc(NC(=O)C(C)OC(=O)c2cc(C(C)C)nc3c2cnn3C(C)C)c1. The molecule has 1 aromatic carbocycles. The van der Waals surface area contributed by atoms with E-state index in [9.17, 15) is 9.59 Å². The van der Waals surface area contributed by atoms with Gasteiger partial charge in [-0.2, -0.15) is 5.10 Å². The summed E-state index contributed by atoms with van der Waals surface area (Å²) in [7, 11) is 0. The van der Waals surface area contributed by atoms with Crippen molar-refractivity contribution in [2.45, 2.75) is 59.6 Å². The molecule has 7 heteroatoms. The van der Waals surface area contributed by atoms with Crippen molar-refractivity contribution in [1.82, 2.24) is 14.8 Å². The summed E-state index contributed by atoms with van der Waals surface area (Å²) in [5.41, 5.74) is 3.47. The molecule has 0 aliphatic heterocycles. The van der Waals surface area contributed by atoms with Crippen LogP contribution in [0.5, 0.6) is 0 Å². The molecule has 0 bridgehead atoms. The van der Waals surface area contributed by atoms with E-state index in [-0.39, 0.29) is 17.9 Å². The predicted octanol–water partition coefficient (Wildman–Crippen LogP) is 4.63. The molecule has 30 heavy (non-hydrogen) atoms. The standard InChI is InChI=1S/C23H28N4O3/c1-13(2)20-11-18(19-12-24-27(14(3)4)21(19)26-20)23(29)30-16(6)22(28)25-17-9-7-8-15(5)10-17/h7-14,16H,1-6H3,(H,25,28). The summed E-state index contributed by atoms with van der Waals surface area (Å²) in [6, 6.07) is 9.27. The van der Waals surface area contributed by atoms with Crippen LogP contribution in [0.15, 0.2) is 36.5 Å². The van der Waals surface area contributed by atoms with E-state index >= 15 is 0 Å². The molecule has 1 amide bonds. The highest BCUT2D eigenvalue weighted by molar-refractivity contribution is 6.04. The van der Waals surface area contributed by atoms with Gasteiger partial charge in [-0.05, 0) is 57.4 Å². The molecule has 2 aromatic heterocycles. The van der Waals surface area contributed by atoms with Gasteiger partial charge in [-0.1, -0.05) is 26.0 Å². The van der Waals surface area contributed by atoms with E-state index in [1.807, 2.05) is 52.8 Å². The molecule has 3 rings (SSSR count).